The molecule has 0 fully saturated rings. The molecule has 28 heavy (non-hydrogen) atoms. The minimum absolute atomic E-state index is 0.0127. The third kappa shape index (κ3) is 5.22. The highest BCUT2D eigenvalue weighted by Crippen LogP contribution is 2.27. The van der Waals surface area contributed by atoms with Gasteiger partial charge in [-0.1, -0.05) is 22.2 Å². The van der Waals surface area contributed by atoms with Gasteiger partial charge in [0.15, 0.2) is 0 Å². The molecule has 0 heterocycles. The van der Waals surface area contributed by atoms with Gasteiger partial charge in [-0.15, -0.1) is 0 Å². The maximum atomic E-state index is 12.5. The molecule has 0 spiro atoms. The van der Waals surface area contributed by atoms with Gasteiger partial charge in [-0.25, -0.2) is 13.2 Å². The summed E-state index contributed by atoms with van der Waals surface area (Å²) in [6.07, 6.45) is 0. The molecule has 0 aliphatic carbocycles. The number of esters is 1. The molecule has 2 aromatic carbocycles. The summed E-state index contributed by atoms with van der Waals surface area (Å²) in [5, 5.41) is 0. The van der Waals surface area contributed by atoms with E-state index in [0.29, 0.717) is 10.2 Å². The molecular weight excluding hydrogens is 386 g/mol. The zero-order chi connectivity index (χ0) is 20.7. The quantitative estimate of drug-likeness (QED) is 0.357. The Bertz CT molecular complexity index is 910. The Balaban J connectivity index is 2.05. The molecular formula is C19H23NO7S. The molecule has 8 nitrogen and oxygen atoms in total. The van der Waals surface area contributed by atoms with Crippen LogP contribution in [0.5, 0.6) is 11.5 Å². The Morgan fingerprint density at radius 1 is 1.04 bits per heavy atom. The Kier molecular flexibility index (Phi) is 7.38. The van der Waals surface area contributed by atoms with Gasteiger partial charge in [-0.3, -0.25) is 4.84 Å². The minimum atomic E-state index is -4.00. The first-order chi connectivity index (χ1) is 13.3. The highest BCUT2D eigenvalue weighted by Gasteiger charge is 2.26. The predicted octanol–water partition coefficient (Wildman–Crippen LogP) is 2.42. The Hall–Kier alpha value is -2.62. The van der Waals surface area contributed by atoms with E-state index in [9.17, 15) is 13.2 Å². The molecule has 0 aromatic heterocycles. The van der Waals surface area contributed by atoms with Crippen molar-refractivity contribution in [1.29, 1.82) is 0 Å². The Labute approximate surface area is 164 Å². The number of aryl methyl sites for hydroxylation is 1. The van der Waals surface area contributed by atoms with Crippen LogP contribution in [0.25, 0.3) is 0 Å². The van der Waals surface area contributed by atoms with Crippen LogP contribution in [0.2, 0.25) is 0 Å². The number of hydrogen-bond donors (Lipinski definition) is 0. The average Bonchev–Trinajstić information content (AvgIpc) is 2.71. The first-order valence-electron chi connectivity index (χ1n) is 8.37. The maximum absolute atomic E-state index is 12.5. The van der Waals surface area contributed by atoms with Gasteiger partial charge in [0.2, 0.25) is 0 Å². The molecule has 9 heteroatoms. The van der Waals surface area contributed by atoms with Crippen LogP contribution < -0.4 is 9.47 Å². The van der Waals surface area contributed by atoms with E-state index < -0.39 is 16.0 Å². The number of methoxy groups -OCH3 is 1. The van der Waals surface area contributed by atoms with Gasteiger partial charge in [-0.2, -0.15) is 0 Å². The van der Waals surface area contributed by atoms with Crippen LogP contribution in [0, 0.1) is 6.92 Å². The van der Waals surface area contributed by atoms with Crippen molar-refractivity contribution in [2.45, 2.75) is 11.8 Å². The number of hydrogen-bond acceptors (Lipinski definition) is 7. The number of nitrogens with zero attached hydrogens (tertiary/aromatic N) is 1. The van der Waals surface area contributed by atoms with Crippen molar-refractivity contribution in [3.63, 3.8) is 0 Å². The van der Waals surface area contributed by atoms with Gasteiger partial charge in [0.1, 0.15) is 29.6 Å². The fourth-order valence-corrected chi connectivity index (χ4v) is 3.41. The fraction of sp³-hybridized carbons (Fsp3) is 0.316. The Morgan fingerprint density at radius 2 is 1.71 bits per heavy atom. The number of benzene rings is 2. The van der Waals surface area contributed by atoms with E-state index in [1.165, 1.54) is 39.5 Å². The van der Waals surface area contributed by atoms with Gasteiger partial charge >= 0.3 is 5.97 Å². The lowest BCUT2D eigenvalue weighted by Crippen LogP contribution is -2.26. The van der Waals surface area contributed by atoms with E-state index >= 15 is 0 Å². The van der Waals surface area contributed by atoms with Crippen molar-refractivity contribution in [3.05, 3.63) is 53.6 Å². The number of sulfonamides is 1. The molecule has 0 bridgehead atoms. The van der Waals surface area contributed by atoms with Crippen LogP contribution in [0.3, 0.4) is 0 Å². The predicted molar refractivity (Wildman–Crippen MR) is 102 cm³/mol. The SMILES string of the molecule is COc1ccc(C(=O)OCCOc2ccc(C)cc2)cc1S(=O)(=O)N(C)OC. The van der Waals surface area contributed by atoms with E-state index in [1.54, 1.807) is 0 Å². The molecule has 2 aromatic rings. The molecule has 0 radical (unpaired) electrons. The zero-order valence-electron chi connectivity index (χ0n) is 16.2. The second-order valence-corrected chi connectivity index (χ2v) is 7.66. The summed E-state index contributed by atoms with van der Waals surface area (Å²) >= 11 is 0. The lowest BCUT2D eigenvalue weighted by molar-refractivity contribution is -0.0259. The lowest BCUT2D eigenvalue weighted by atomic mass is 10.2. The number of carbonyl (C=O) groups excluding carboxylic acids is 1. The van der Waals surface area contributed by atoms with Crippen molar-refractivity contribution in [1.82, 2.24) is 4.47 Å². The van der Waals surface area contributed by atoms with Crippen LogP contribution in [0.1, 0.15) is 15.9 Å². The first-order valence-corrected chi connectivity index (χ1v) is 9.81. The van der Waals surface area contributed by atoms with Crippen molar-refractivity contribution < 1.29 is 32.3 Å². The molecule has 2 rings (SSSR count). The Morgan fingerprint density at radius 3 is 2.32 bits per heavy atom. The summed E-state index contributed by atoms with van der Waals surface area (Å²) in [4.78, 5) is 16.8. The molecule has 0 aliphatic heterocycles. The summed E-state index contributed by atoms with van der Waals surface area (Å²) in [5.41, 5.74) is 1.18. The monoisotopic (exact) mass is 409 g/mol. The third-order valence-corrected chi connectivity index (χ3v) is 5.58. The van der Waals surface area contributed by atoms with E-state index in [4.69, 9.17) is 19.0 Å². The summed E-state index contributed by atoms with van der Waals surface area (Å²) in [6.45, 7) is 2.15. The van der Waals surface area contributed by atoms with Gasteiger partial charge in [0.05, 0.1) is 19.8 Å². The first kappa shape index (κ1) is 21.7. The second kappa shape index (κ2) is 9.54. The molecule has 0 saturated carbocycles. The van der Waals surface area contributed by atoms with E-state index in [-0.39, 0.29) is 29.4 Å². The van der Waals surface area contributed by atoms with Gasteiger partial charge in [0, 0.05) is 7.05 Å². The molecule has 0 saturated heterocycles. The summed E-state index contributed by atoms with van der Waals surface area (Å²) in [5.74, 6) is 0.0805. The van der Waals surface area contributed by atoms with Crippen molar-refractivity contribution in [2.24, 2.45) is 0 Å². The van der Waals surface area contributed by atoms with Crippen molar-refractivity contribution in [3.8, 4) is 11.5 Å². The van der Waals surface area contributed by atoms with Gasteiger partial charge in [0.25, 0.3) is 10.0 Å². The summed E-state index contributed by atoms with van der Waals surface area (Å²) in [7, 11) is -0.207. The van der Waals surface area contributed by atoms with E-state index in [0.717, 1.165) is 5.56 Å². The minimum Gasteiger partial charge on any atom is -0.495 e. The molecule has 0 N–H and O–H groups in total. The van der Waals surface area contributed by atoms with Crippen molar-refractivity contribution >= 4 is 16.0 Å². The van der Waals surface area contributed by atoms with Crippen molar-refractivity contribution in [2.75, 3.05) is 34.5 Å². The standard InChI is InChI=1S/C19H23NO7S/c1-14-5-8-16(9-6-14)26-11-12-27-19(21)15-7-10-17(24-3)18(13-15)28(22,23)20(2)25-4/h5-10,13H,11-12H2,1-4H3. The molecule has 0 unspecified atom stereocenters. The smallest absolute Gasteiger partial charge is 0.338 e. The number of ether oxygens (including phenoxy) is 3. The zero-order valence-corrected chi connectivity index (χ0v) is 17.0. The molecule has 0 atom stereocenters. The van der Waals surface area contributed by atoms with Crippen LogP contribution >= 0.6 is 0 Å². The molecule has 152 valence electrons. The average molecular weight is 409 g/mol. The normalized spacial score (nSPS) is 11.3. The van der Waals surface area contributed by atoms with E-state index in [1.807, 2.05) is 31.2 Å². The van der Waals surface area contributed by atoms with Crippen LogP contribution in [-0.4, -0.2) is 53.3 Å². The number of rotatable bonds is 9. The van der Waals surface area contributed by atoms with Gasteiger partial charge < -0.3 is 14.2 Å². The summed E-state index contributed by atoms with van der Waals surface area (Å²) < 4.78 is 41.4. The highest BCUT2D eigenvalue weighted by atomic mass is 32.2. The highest BCUT2D eigenvalue weighted by molar-refractivity contribution is 7.89. The topological polar surface area (TPSA) is 91.4 Å². The summed E-state index contributed by atoms with van der Waals surface area (Å²) in [6, 6.07) is 11.5. The van der Waals surface area contributed by atoms with Gasteiger partial charge in [-0.05, 0) is 37.3 Å². The largest absolute Gasteiger partial charge is 0.495 e. The van der Waals surface area contributed by atoms with E-state index in [2.05, 4.69) is 0 Å². The number of hydroxylamine groups is 1. The van der Waals surface area contributed by atoms with Crippen LogP contribution in [0.15, 0.2) is 47.4 Å². The second-order valence-electron chi connectivity index (χ2n) is 5.76. The van der Waals surface area contributed by atoms with Crippen LogP contribution in [0.4, 0.5) is 0 Å². The fourth-order valence-electron chi connectivity index (χ4n) is 2.25. The molecule has 0 amide bonds. The third-order valence-electron chi connectivity index (χ3n) is 3.88. The van der Waals surface area contributed by atoms with Crippen LogP contribution in [-0.2, 0) is 19.6 Å². The lowest BCUT2D eigenvalue weighted by Gasteiger charge is -2.17. The maximum Gasteiger partial charge on any atom is 0.338 e. The number of carbonyl (C=O) groups is 1. The molecule has 0 aliphatic rings.